The van der Waals surface area contributed by atoms with Crippen LogP contribution in [0.1, 0.15) is 46.0 Å². The van der Waals surface area contributed by atoms with Crippen molar-refractivity contribution in [2.24, 2.45) is 11.8 Å². The van der Waals surface area contributed by atoms with Crippen LogP contribution < -0.4 is 5.32 Å². The molecular weight excluding hydrogens is 202 g/mol. The molecule has 0 aliphatic heterocycles. The summed E-state index contributed by atoms with van der Waals surface area (Å²) in [4.78, 5) is 11.2. The molecule has 3 unspecified atom stereocenters. The second kappa shape index (κ2) is 6.89. The minimum absolute atomic E-state index is 0.0364. The molecule has 0 aromatic heterocycles. The first-order valence-electron chi connectivity index (χ1n) is 6.44. The monoisotopic (exact) mass is 227 g/mol. The third kappa shape index (κ3) is 4.52. The summed E-state index contributed by atoms with van der Waals surface area (Å²) in [5.41, 5.74) is 0. The highest BCUT2D eigenvalue weighted by Crippen LogP contribution is 2.22. The van der Waals surface area contributed by atoms with Crippen LogP contribution in [-0.4, -0.2) is 25.7 Å². The molecule has 1 aliphatic rings. The number of ether oxygens (including phenoxy) is 1. The second-order valence-electron chi connectivity index (χ2n) is 5.14. The van der Waals surface area contributed by atoms with Gasteiger partial charge in [-0.2, -0.15) is 0 Å². The predicted octanol–water partition coefficient (Wildman–Crippen LogP) is 2.35. The summed E-state index contributed by atoms with van der Waals surface area (Å²) in [5.74, 6) is 0.713. The molecular formula is C13H25NO2. The fourth-order valence-electron chi connectivity index (χ4n) is 2.32. The summed E-state index contributed by atoms with van der Waals surface area (Å²) in [6.07, 6.45) is 6.47. The molecule has 1 aliphatic carbocycles. The number of carbonyl (C=O) groups is 1. The number of hydrogen-bond donors (Lipinski definition) is 1. The van der Waals surface area contributed by atoms with Crippen molar-refractivity contribution < 1.29 is 9.53 Å². The van der Waals surface area contributed by atoms with Crippen LogP contribution in [0.15, 0.2) is 0 Å². The molecule has 0 saturated heterocycles. The van der Waals surface area contributed by atoms with E-state index in [2.05, 4.69) is 12.2 Å². The van der Waals surface area contributed by atoms with E-state index in [-0.39, 0.29) is 11.9 Å². The molecule has 0 heterocycles. The number of esters is 1. The largest absolute Gasteiger partial charge is 0.469 e. The minimum Gasteiger partial charge on any atom is -0.469 e. The van der Waals surface area contributed by atoms with Crippen LogP contribution in [0.2, 0.25) is 0 Å². The van der Waals surface area contributed by atoms with E-state index in [9.17, 15) is 4.79 Å². The lowest BCUT2D eigenvalue weighted by molar-refractivity contribution is -0.144. The van der Waals surface area contributed by atoms with Crippen molar-refractivity contribution in [3.8, 4) is 0 Å². The smallest absolute Gasteiger partial charge is 0.309 e. The van der Waals surface area contributed by atoms with Gasteiger partial charge in [-0.1, -0.05) is 26.7 Å². The number of hydrogen-bond acceptors (Lipinski definition) is 3. The van der Waals surface area contributed by atoms with E-state index in [1.54, 1.807) is 0 Å². The Bertz CT molecular complexity index is 218. The van der Waals surface area contributed by atoms with Crippen LogP contribution in [0.5, 0.6) is 0 Å². The van der Waals surface area contributed by atoms with Gasteiger partial charge in [-0.25, -0.2) is 0 Å². The molecule has 1 saturated carbocycles. The van der Waals surface area contributed by atoms with Gasteiger partial charge in [0, 0.05) is 12.6 Å². The van der Waals surface area contributed by atoms with Gasteiger partial charge in [-0.05, 0) is 25.2 Å². The maximum atomic E-state index is 11.2. The summed E-state index contributed by atoms with van der Waals surface area (Å²) in [6.45, 7) is 4.99. The first-order chi connectivity index (χ1) is 7.63. The summed E-state index contributed by atoms with van der Waals surface area (Å²) in [6, 6.07) is 0.594. The Hall–Kier alpha value is -0.570. The third-order valence-electron chi connectivity index (χ3n) is 3.57. The fraction of sp³-hybridized carbons (Fsp3) is 0.923. The maximum absolute atomic E-state index is 11.2. The zero-order chi connectivity index (χ0) is 12.0. The van der Waals surface area contributed by atoms with Crippen molar-refractivity contribution >= 4 is 5.97 Å². The van der Waals surface area contributed by atoms with Crippen LogP contribution in [0.3, 0.4) is 0 Å². The van der Waals surface area contributed by atoms with Crippen LogP contribution in [0.4, 0.5) is 0 Å². The van der Waals surface area contributed by atoms with Crippen LogP contribution in [0, 0.1) is 11.8 Å². The third-order valence-corrected chi connectivity index (χ3v) is 3.57. The molecule has 3 heteroatoms. The molecule has 1 fully saturated rings. The topological polar surface area (TPSA) is 38.3 Å². The van der Waals surface area contributed by atoms with E-state index < -0.39 is 0 Å². The second-order valence-corrected chi connectivity index (χ2v) is 5.14. The average Bonchev–Trinajstić information content (AvgIpc) is 2.50. The summed E-state index contributed by atoms with van der Waals surface area (Å²) in [5, 5.41) is 3.50. The molecule has 0 radical (unpaired) electrons. The molecule has 0 aromatic rings. The van der Waals surface area contributed by atoms with E-state index in [0.717, 1.165) is 12.5 Å². The maximum Gasteiger partial charge on any atom is 0.309 e. The highest BCUT2D eigenvalue weighted by molar-refractivity contribution is 5.72. The Kier molecular flexibility index (Phi) is 5.81. The van der Waals surface area contributed by atoms with Crippen LogP contribution in [-0.2, 0) is 9.53 Å². The van der Waals surface area contributed by atoms with Gasteiger partial charge in [-0.15, -0.1) is 0 Å². The summed E-state index contributed by atoms with van der Waals surface area (Å²) in [7, 11) is 1.45. The molecule has 1 N–H and O–H groups in total. The number of rotatable bonds is 4. The van der Waals surface area contributed by atoms with Gasteiger partial charge in [-0.3, -0.25) is 4.79 Å². The molecule has 3 nitrogen and oxygen atoms in total. The van der Waals surface area contributed by atoms with E-state index in [0.29, 0.717) is 6.04 Å². The molecule has 0 amide bonds. The van der Waals surface area contributed by atoms with Crippen LogP contribution >= 0.6 is 0 Å². The van der Waals surface area contributed by atoms with E-state index in [1.165, 1.54) is 39.2 Å². The molecule has 94 valence electrons. The SMILES string of the molecule is COC(=O)C(C)CNC1CCCC(C)CC1. The highest BCUT2D eigenvalue weighted by Gasteiger charge is 2.18. The normalized spacial score (nSPS) is 28.2. The molecule has 0 spiro atoms. The van der Waals surface area contributed by atoms with Gasteiger partial charge < -0.3 is 10.1 Å². The Morgan fingerprint density at radius 1 is 1.38 bits per heavy atom. The zero-order valence-electron chi connectivity index (χ0n) is 10.8. The molecule has 16 heavy (non-hydrogen) atoms. The minimum atomic E-state index is -0.116. The summed E-state index contributed by atoms with van der Waals surface area (Å²) < 4.78 is 4.71. The highest BCUT2D eigenvalue weighted by atomic mass is 16.5. The quantitative estimate of drug-likeness (QED) is 0.592. The van der Waals surface area contributed by atoms with E-state index >= 15 is 0 Å². The van der Waals surface area contributed by atoms with Crippen molar-refractivity contribution in [2.75, 3.05) is 13.7 Å². The predicted molar refractivity (Wildman–Crippen MR) is 65.2 cm³/mol. The zero-order valence-corrected chi connectivity index (χ0v) is 10.8. The fourth-order valence-corrected chi connectivity index (χ4v) is 2.32. The van der Waals surface area contributed by atoms with Gasteiger partial charge >= 0.3 is 5.97 Å². The van der Waals surface area contributed by atoms with Crippen molar-refractivity contribution in [1.29, 1.82) is 0 Å². The Morgan fingerprint density at radius 2 is 2.12 bits per heavy atom. The number of carbonyl (C=O) groups excluding carboxylic acids is 1. The first-order valence-corrected chi connectivity index (χ1v) is 6.44. The average molecular weight is 227 g/mol. The summed E-state index contributed by atoms with van der Waals surface area (Å²) >= 11 is 0. The van der Waals surface area contributed by atoms with Crippen LogP contribution in [0.25, 0.3) is 0 Å². The lowest BCUT2D eigenvalue weighted by Gasteiger charge is -2.18. The number of nitrogens with one attached hydrogen (secondary N) is 1. The van der Waals surface area contributed by atoms with Crippen molar-refractivity contribution in [3.05, 3.63) is 0 Å². The van der Waals surface area contributed by atoms with Gasteiger partial charge in [0.1, 0.15) is 0 Å². The molecule has 1 rings (SSSR count). The van der Waals surface area contributed by atoms with Crippen molar-refractivity contribution in [3.63, 3.8) is 0 Å². The van der Waals surface area contributed by atoms with Crippen molar-refractivity contribution in [1.82, 2.24) is 5.32 Å². The molecule has 0 aromatic carbocycles. The Morgan fingerprint density at radius 3 is 2.81 bits per heavy atom. The van der Waals surface area contributed by atoms with E-state index in [1.807, 2.05) is 6.92 Å². The standard InChI is InChI=1S/C13H25NO2/c1-10-5-4-6-12(8-7-10)14-9-11(2)13(15)16-3/h10-12,14H,4-9H2,1-3H3. The van der Waals surface area contributed by atoms with E-state index in [4.69, 9.17) is 4.74 Å². The molecule has 3 atom stereocenters. The lowest BCUT2D eigenvalue weighted by atomic mass is 10.0. The van der Waals surface area contributed by atoms with Gasteiger partial charge in [0.2, 0.25) is 0 Å². The van der Waals surface area contributed by atoms with Gasteiger partial charge in [0.25, 0.3) is 0 Å². The molecule has 0 bridgehead atoms. The van der Waals surface area contributed by atoms with Gasteiger partial charge in [0.15, 0.2) is 0 Å². The first kappa shape index (κ1) is 13.5. The Balaban J connectivity index is 2.23. The Labute approximate surface area is 98.9 Å². The van der Waals surface area contributed by atoms with Crippen molar-refractivity contribution in [2.45, 2.75) is 52.0 Å². The lowest BCUT2D eigenvalue weighted by Crippen LogP contribution is -2.35. The number of methoxy groups -OCH3 is 1. The van der Waals surface area contributed by atoms with Gasteiger partial charge in [0.05, 0.1) is 13.0 Å².